The van der Waals surface area contributed by atoms with Crippen molar-refractivity contribution in [2.24, 2.45) is 4.99 Å². The van der Waals surface area contributed by atoms with Gasteiger partial charge in [0.2, 0.25) is 0 Å². The molecule has 24 heavy (non-hydrogen) atoms. The summed E-state index contributed by atoms with van der Waals surface area (Å²) in [6, 6.07) is 10.9. The standard InChI is InChI=1S/C20H31N3O/c1-2-21-18(23-16-20(24)13-8-14-20)22-15-19(11-6-7-12-19)17-9-4-3-5-10-17/h3-5,9-10,24H,2,6-8,11-16H2,1H3,(H2,21,22,23). The molecule has 2 saturated carbocycles. The second kappa shape index (κ2) is 7.56. The minimum Gasteiger partial charge on any atom is -0.388 e. The first-order valence-corrected chi connectivity index (χ1v) is 9.46. The van der Waals surface area contributed by atoms with Crippen molar-refractivity contribution in [3.05, 3.63) is 35.9 Å². The van der Waals surface area contributed by atoms with E-state index in [0.29, 0.717) is 6.54 Å². The minimum atomic E-state index is -0.563. The van der Waals surface area contributed by atoms with Crippen LogP contribution in [0.15, 0.2) is 35.3 Å². The quantitative estimate of drug-likeness (QED) is 0.555. The van der Waals surface area contributed by atoms with E-state index in [1.165, 1.54) is 31.2 Å². The predicted molar refractivity (Wildman–Crippen MR) is 99.4 cm³/mol. The van der Waals surface area contributed by atoms with Gasteiger partial charge in [-0.05, 0) is 44.6 Å². The molecule has 4 nitrogen and oxygen atoms in total. The molecule has 132 valence electrons. The van der Waals surface area contributed by atoms with Crippen molar-refractivity contribution in [1.82, 2.24) is 10.6 Å². The Morgan fingerprint density at radius 3 is 2.33 bits per heavy atom. The maximum absolute atomic E-state index is 10.3. The van der Waals surface area contributed by atoms with E-state index in [2.05, 4.69) is 52.9 Å². The fourth-order valence-corrected chi connectivity index (χ4v) is 3.97. The molecule has 4 heteroatoms. The molecule has 1 aromatic rings. The van der Waals surface area contributed by atoms with Gasteiger partial charge in [-0.2, -0.15) is 0 Å². The average molecular weight is 329 g/mol. The summed E-state index contributed by atoms with van der Waals surface area (Å²) in [5.41, 5.74) is 1.08. The molecule has 1 aromatic carbocycles. The average Bonchev–Trinajstić information content (AvgIpc) is 3.07. The summed E-state index contributed by atoms with van der Waals surface area (Å²) in [6.45, 7) is 4.32. The van der Waals surface area contributed by atoms with Crippen LogP contribution in [0.4, 0.5) is 0 Å². The van der Waals surface area contributed by atoms with Gasteiger partial charge >= 0.3 is 0 Å². The van der Waals surface area contributed by atoms with Crippen molar-refractivity contribution in [3.63, 3.8) is 0 Å². The SMILES string of the molecule is CCNC(=NCC1(O)CCC1)NCC1(c2ccccc2)CCCC1. The van der Waals surface area contributed by atoms with Crippen LogP contribution < -0.4 is 10.6 Å². The number of aliphatic hydroxyl groups is 1. The van der Waals surface area contributed by atoms with Crippen LogP contribution in [0.5, 0.6) is 0 Å². The Labute approximate surface area is 145 Å². The normalized spacial score (nSPS) is 22.0. The van der Waals surface area contributed by atoms with Crippen LogP contribution >= 0.6 is 0 Å². The molecular weight excluding hydrogens is 298 g/mol. The third-order valence-electron chi connectivity index (χ3n) is 5.70. The van der Waals surface area contributed by atoms with Crippen molar-refractivity contribution in [2.45, 2.75) is 62.9 Å². The van der Waals surface area contributed by atoms with Crippen molar-refractivity contribution in [2.75, 3.05) is 19.6 Å². The minimum absolute atomic E-state index is 0.213. The largest absolute Gasteiger partial charge is 0.388 e. The fraction of sp³-hybridized carbons (Fsp3) is 0.650. The third kappa shape index (κ3) is 3.92. The van der Waals surface area contributed by atoms with Crippen LogP contribution in [0, 0.1) is 0 Å². The van der Waals surface area contributed by atoms with Crippen LogP contribution in [0.25, 0.3) is 0 Å². The van der Waals surface area contributed by atoms with E-state index >= 15 is 0 Å². The van der Waals surface area contributed by atoms with E-state index in [1.807, 2.05) is 0 Å². The molecule has 0 spiro atoms. The molecule has 3 rings (SSSR count). The van der Waals surface area contributed by atoms with Gasteiger partial charge in [0.15, 0.2) is 5.96 Å². The van der Waals surface area contributed by atoms with Gasteiger partial charge in [-0.3, -0.25) is 4.99 Å². The molecule has 2 aliphatic rings. The zero-order valence-electron chi connectivity index (χ0n) is 14.9. The molecule has 0 amide bonds. The number of benzene rings is 1. The van der Waals surface area contributed by atoms with Crippen LogP contribution in [-0.4, -0.2) is 36.3 Å². The Morgan fingerprint density at radius 2 is 1.75 bits per heavy atom. The Balaban J connectivity index is 1.66. The van der Waals surface area contributed by atoms with Crippen molar-refractivity contribution in [1.29, 1.82) is 0 Å². The van der Waals surface area contributed by atoms with E-state index in [4.69, 9.17) is 0 Å². The van der Waals surface area contributed by atoms with Gasteiger partial charge in [-0.15, -0.1) is 0 Å². The zero-order chi connectivity index (χ0) is 16.9. The molecule has 3 N–H and O–H groups in total. The monoisotopic (exact) mass is 329 g/mol. The summed E-state index contributed by atoms with van der Waals surface area (Å²) < 4.78 is 0. The first-order valence-electron chi connectivity index (χ1n) is 9.46. The Morgan fingerprint density at radius 1 is 1.04 bits per heavy atom. The summed E-state index contributed by atoms with van der Waals surface area (Å²) in [5.74, 6) is 0.833. The van der Waals surface area contributed by atoms with E-state index in [9.17, 15) is 5.11 Å². The number of guanidine groups is 1. The number of rotatable bonds is 6. The summed E-state index contributed by atoms with van der Waals surface area (Å²) in [7, 11) is 0. The first-order chi connectivity index (χ1) is 11.7. The van der Waals surface area contributed by atoms with Gasteiger partial charge in [0.1, 0.15) is 0 Å². The van der Waals surface area contributed by atoms with Crippen LogP contribution in [-0.2, 0) is 5.41 Å². The van der Waals surface area contributed by atoms with E-state index in [0.717, 1.165) is 38.3 Å². The molecule has 0 aromatic heterocycles. The molecule has 0 unspecified atom stereocenters. The Kier molecular flexibility index (Phi) is 5.44. The van der Waals surface area contributed by atoms with Crippen molar-refractivity contribution >= 4 is 5.96 Å². The molecule has 0 radical (unpaired) electrons. The number of nitrogens with one attached hydrogen (secondary N) is 2. The lowest BCUT2D eigenvalue weighted by atomic mass is 9.79. The summed E-state index contributed by atoms with van der Waals surface area (Å²) in [6.07, 6.45) is 7.93. The molecule has 2 aliphatic carbocycles. The lowest BCUT2D eigenvalue weighted by Crippen LogP contribution is -2.46. The van der Waals surface area contributed by atoms with Gasteiger partial charge in [-0.1, -0.05) is 43.2 Å². The Hall–Kier alpha value is -1.55. The van der Waals surface area contributed by atoms with Crippen LogP contribution in [0.2, 0.25) is 0 Å². The van der Waals surface area contributed by atoms with Gasteiger partial charge in [0.25, 0.3) is 0 Å². The third-order valence-corrected chi connectivity index (χ3v) is 5.70. The highest BCUT2D eigenvalue weighted by atomic mass is 16.3. The maximum atomic E-state index is 10.3. The highest BCUT2D eigenvalue weighted by molar-refractivity contribution is 5.80. The second-order valence-electron chi connectivity index (χ2n) is 7.48. The molecule has 0 aliphatic heterocycles. The van der Waals surface area contributed by atoms with Gasteiger partial charge in [-0.25, -0.2) is 0 Å². The molecular formula is C20H31N3O. The lowest BCUT2D eigenvalue weighted by molar-refractivity contribution is -0.0236. The van der Waals surface area contributed by atoms with E-state index in [-0.39, 0.29) is 5.41 Å². The number of nitrogens with zero attached hydrogens (tertiary/aromatic N) is 1. The topological polar surface area (TPSA) is 56.7 Å². The van der Waals surface area contributed by atoms with Gasteiger partial charge in [0, 0.05) is 18.5 Å². The molecule has 2 fully saturated rings. The summed E-state index contributed by atoms with van der Waals surface area (Å²) >= 11 is 0. The first kappa shape index (κ1) is 17.3. The lowest BCUT2D eigenvalue weighted by Gasteiger charge is -2.35. The van der Waals surface area contributed by atoms with Crippen LogP contribution in [0.3, 0.4) is 0 Å². The van der Waals surface area contributed by atoms with E-state index in [1.54, 1.807) is 0 Å². The maximum Gasteiger partial charge on any atom is 0.191 e. The predicted octanol–water partition coefficient (Wildman–Crippen LogP) is 2.97. The van der Waals surface area contributed by atoms with Crippen molar-refractivity contribution < 1.29 is 5.11 Å². The number of aliphatic imine (C=N–C) groups is 1. The summed E-state index contributed by atoms with van der Waals surface area (Å²) in [4.78, 5) is 4.64. The molecule has 0 saturated heterocycles. The van der Waals surface area contributed by atoms with Crippen molar-refractivity contribution in [3.8, 4) is 0 Å². The highest BCUT2D eigenvalue weighted by Gasteiger charge is 2.36. The Bertz CT molecular complexity index is 545. The zero-order valence-corrected chi connectivity index (χ0v) is 14.9. The van der Waals surface area contributed by atoms with Gasteiger partial charge < -0.3 is 15.7 Å². The second-order valence-corrected chi connectivity index (χ2v) is 7.48. The molecule has 0 bridgehead atoms. The molecule has 0 heterocycles. The number of hydrogen-bond acceptors (Lipinski definition) is 2. The highest BCUT2D eigenvalue weighted by Crippen LogP contribution is 2.40. The van der Waals surface area contributed by atoms with Gasteiger partial charge in [0.05, 0.1) is 12.1 Å². The van der Waals surface area contributed by atoms with Crippen LogP contribution in [0.1, 0.15) is 57.4 Å². The smallest absolute Gasteiger partial charge is 0.191 e. The summed E-state index contributed by atoms with van der Waals surface area (Å²) in [5, 5.41) is 17.1. The molecule has 0 atom stereocenters. The fourth-order valence-electron chi connectivity index (χ4n) is 3.97. The van der Waals surface area contributed by atoms with E-state index < -0.39 is 5.60 Å². The number of hydrogen-bond donors (Lipinski definition) is 3.